The summed E-state index contributed by atoms with van der Waals surface area (Å²) < 4.78 is 5.34. The van der Waals surface area contributed by atoms with Gasteiger partial charge in [-0.05, 0) is 50.1 Å². The van der Waals surface area contributed by atoms with Crippen molar-refractivity contribution in [3.8, 4) is 0 Å². The zero-order valence-electron chi connectivity index (χ0n) is 14.0. The number of aryl methyl sites for hydroxylation is 2. The van der Waals surface area contributed by atoms with Gasteiger partial charge >= 0.3 is 0 Å². The number of hydrogen-bond donors (Lipinski definition) is 2. The Morgan fingerprint density at radius 1 is 1.32 bits per heavy atom. The number of hydrogen-bond acceptors (Lipinski definition) is 4. The number of benzene rings is 1. The first kappa shape index (κ1) is 17.9. The lowest BCUT2D eigenvalue weighted by Gasteiger charge is -2.26. The van der Waals surface area contributed by atoms with Gasteiger partial charge in [0.15, 0.2) is 0 Å². The van der Waals surface area contributed by atoms with E-state index in [1.54, 1.807) is 31.7 Å². The lowest BCUT2D eigenvalue weighted by atomic mass is 10.0. The molecule has 0 radical (unpaired) electrons. The Hall–Kier alpha value is -1.92. The van der Waals surface area contributed by atoms with E-state index < -0.39 is 0 Å². The van der Waals surface area contributed by atoms with Crippen molar-refractivity contribution in [2.75, 3.05) is 12.3 Å². The lowest BCUT2D eigenvalue weighted by molar-refractivity contribution is -0.120. The third kappa shape index (κ3) is 4.19. The summed E-state index contributed by atoms with van der Waals surface area (Å²) in [5.41, 5.74) is 1.49. The fourth-order valence-electron chi connectivity index (χ4n) is 2.87. The van der Waals surface area contributed by atoms with Crippen LogP contribution in [0.1, 0.15) is 39.9 Å². The van der Waals surface area contributed by atoms with Crippen molar-refractivity contribution in [1.82, 2.24) is 10.6 Å². The standard InChI is InChI=1S/C18H19ClN2O3S/c1-10-7-13(11(2)24-10)18(23)20-9-17(22)21-15-5-6-25-16-4-3-12(19)8-14(15)16/h3-4,7-8,15H,5-6,9H2,1-2H3,(H,20,23)(H,21,22)/t15-/m0/s1. The summed E-state index contributed by atoms with van der Waals surface area (Å²) in [6.45, 7) is 3.42. The molecule has 0 aliphatic carbocycles. The Morgan fingerprint density at radius 2 is 2.12 bits per heavy atom. The van der Waals surface area contributed by atoms with Crippen LogP contribution in [0.5, 0.6) is 0 Å². The summed E-state index contributed by atoms with van der Waals surface area (Å²) in [7, 11) is 0. The number of carbonyl (C=O) groups is 2. The molecule has 2 aromatic rings. The van der Waals surface area contributed by atoms with Crippen molar-refractivity contribution >= 4 is 35.2 Å². The fraction of sp³-hybridized carbons (Fsp3) is 0.333. The quantitative estimate of drug-likeness (QED) is 0.852. The second-order valence-electron chi connectivity index (χ2n) is 5.95. The van der Waals surface area contributed by atoms with E-state index in [0.29, 0.717) is 22.1 Å². The molecule has 1 aliphatic rings. The van der Waals surface area contributed by atoms with Gasteiger partial charge in [-0.15, -0.1) is 11.8 Å². The first-order chi connectivity index (χ1) is 11.9. The predicted molar refractivity (Wildman–Crippen MR) is 98.2 cm³/mol. The highest BCUT2D eigenvalue weighted by atomic mass is 35.5. The zero-order valence-corrected chi connectivity index (χ0v) is 15.6. The Labute approximate surface area is 155 Å². The molecule has 1 aromatic carbocycles. The Bertz CT molecular complexity index is 819. The number of carbonyl (C=O) groups excluding carboxylic acids is 2. The molecule has 2 N–H and O–H groups in total. The van der Waals surface area contributed by atoms with Crippen LogP contribution in [0.15, 0.2) is 33.6 Å². The second-order valence-corrected chi connectivity index (χ2v) is 7.52. The molecule has 1 atom stereocenters. The van der Waals surface area contributed by atoms with Crippen LogP contribution in [-0.2, 0) is 4.79 Å². The highest BCUT2D eigenvalue weighted by molar-refractivity contribution is 7.99. The van der Waals surface area contributed by atoms with Crippen molar-refractivity contribution < 1.29 is 14.0 Å². The molecule has 2 amide bonds. The molecule has 7 heteroatoms. The van der Waals surface area contributed by atoms with Crippen molar-refractivity contribution in [3.63, 3.8) is 0 Å². The van der Waals surface area contributed by atoms with Crippen LogP contribution in [-0.4, -0.2) is 24.1 Å². The van der Waals surface area contributed by atoms with Gasteiger partial charge in [0, 0.05) is 15.7 Å². The molecule has 0 saturated heterocycles. The number of amides is 2. The van der Waals surface area contributed by atoms with Gasteiger partial charge in [0.2, 0.25) is 5.91 Å². The van der Waals surface area contributed by atoms with Gasteiger partial charge in [-0.2, -0.15) is 0 Å². The molecular weight excluding hydrogens is 360 g/mol. The monoisotopic (exact) mass is 378 g/mol. The lowest BCUT2D eigenvalue weighted by Crippen LogP contribution is -2.39. The molecule has 25 heavy (non-hydrogen) atoms. The van der Waals surface area contributed by atoms with Gasteiger partial charge in [0.25, 0.3) is 5.91 Å². The fourth-order valence-corrected chi connectivity index (χ4v) is 4.16. The summed E-state index contributed by atoms with van der Waals surface area (Å²) >= 11 is 7.84. The van der Waals surface area contributed by atoms with Gasteiger partial charge in [-0.3, -0.25) is 9.59 Å². The molecule has 5 nitrogen and oxygen atoms in total. The Morgan fingerprint density at radius 3 is 2.84 bits per heavy atom. The molecule has 0 spiro atoms. The molecule has 0 bridgehead atoms. The minimum Gasteiger partial charge on any atom is -0.466 e. The molecule has 0 fully saturated rings. The number of halogens is 1. The van der Waals surface area contributed by atoms with E-state index in [2.05, 4.69) is 10.6 Å². The van der Waals surface area contributed by atoms with Gasteiger partial charge < -0.3 is 15.1 Å². The van der Waals surface area contributed by atoms with Gasteiger partial charge in [0.05, 0.1) is 18.2 Å². The highest BCUT2D eigenvalue weighted by Gasteiger charge is 2.23. The molecule has 1 aromatic heterocycles. The Kier molecular flexibility index (Phi) is 5.39. The normalized spacial score (nSPS) is 16.2. The van der Waals surface area contributed by atoms with Crippen LogP contribution in [0.2, 0.25) is 5.02 Å². The molecule has 2 heterocycles. The van der Waals surface area contributed by atoms with Gasteiger partial charge in [0.1, 0.15) is 11.5 Å². The molecule has 0 unspecified atom stereocenters. The number of furan rings is 1. The summed E-state index contributed by atoms with van der Waals surface area (Å²) in [5, 5.41) is 6.27. The van der Waals surface area contributed by atoms with Crippen molar-refractivity contribution in [1.29, 1.82) is 0 Å². The minimum absolute atomic E-state index is 0.0813. The van der Waals surface area contributed by atoms with Crippen molar-refractivity contribution in [2.45, 2.75) is 31.2 Å². The van der Waals surface area contributed by atoms with E-state index in [1.807, 2.05) is 18.2 Å². The number of nitrogens with one attached hydrogen (secondary N) is 2. The Balaban J connectivity index is 1.60. The summed E-state index contributed by atoms with van der Waals surface area (Å²) in [6.07, 6.45) is 0.831. The molecule has 132 valence electrons. The first-order valence-electron chi connectivity index (χ1n) is 8.01. The van der Waals surface area contributed by atoms with E-state index in [0.717, 1.165) is 22.6 Å². The number of thioether (sulfide) groups is 1. The van der Waals surface area contributed by atoms with Crippen LogP contribution >= 0.6 is 23.4 Å². The number of rotatable bonds is 4. The molecule has 3 rings (SSSR count). The zero-order chi connectivity index (χ0) is 18.0. The third-order valence-corrected chi connectivity index (χ3v) is 5.40. The molecule has 1 aliphatic heterocycles. The average molecular weight is 379 g/mol. The van der Waals surface area contributed by atoms with Crippen molar-refractivity contribution in [2.24, 2.45) is 0 Å². The van der Waals surface area contributed by atoms with Crippen LogP contribution in [0, 0.1) is 13.8 Å². The van der Waals surface area contributed by atoms with Gasteiger partial charge in [-0.25, -0.2) is 0 Å². The highest BCUT2D eigenvalue weighted by Crippen LogP contribution is 2.37. The van der Waals surface area contributed by atoms with Crippen LogP contribution in [0.4, 0.5) is 0 Å². The maximum absolute atomic E-state index is 12.2. The molecular formula is C18H19ClN2O3S. The average Bonchev–Trinajstić information content (AvgIpc) is 2.92. The topological polar surface area (TPSA) is 71.3 Å². The van der Waals surface area contributed by atoms with Crippen LogP contribution in [0.25, 0.3) is 0 Å². The smallest absolute Gasteiger partial charge is 0.255 e. The van der Waals surface area contributed by atoms with E-state index in [4.69, 9.17) is 16.0 Å². The van der Waals surface area contributed by atoms with E-state index in [1.165, 1.54) is 0 Å². The minimum atomic E-state index is -0.313. The number of fused-ring (bicyclic) bond motifs is 1. The van der Waals surface area contributed by atoms with E-state index in [-0.39, 0.29) is 24.4 Å². The van der Waals surface area contributed by atoms with E-state index >= 15 is 0 Å². The van der Waals surface area contributed by atoms with Crippen molar-refractivity contribution in [3.05, 3.63) is 51.9 Å². The van der Waals surface area contributed by atoms with Crippen LogP contribution < -0.4 is 10.6 Å². The van der Waals surface area contributed by atoms with Gasteiger partial charge in [-0.1, -0.05) is 11.6 Å². The summed E-state index contributed by atoms with van der Waals surface area (Å²) in [5.74, 6) is 1.60. The summed E-state index contributed by atoms with van der Waals surface area (Å²) in [6, 6.07) is 7.31. The first-order valence-corrected chi connectivity index (χ1v) is 9.37. The largest absolute Gasteiger partial charge is 0.466 e. The third-order valence-electron chi connectivity index (χ3n) is 4.04. The molecule has 0 saturated carbocycles. The SMILES string of the molecule is Cc1cc(C(=O)NCC(=O)N[C@H]2CCSc3ccc(Cl)cc32)c(C)o1. The van der Waals surface area contributed by atoms with E-state index in [9.17, 15) is 9.59 Å². The maximum atomic E-state index is 12.2. The summed E-state index contributed by atoms with van der Waals surface area (Å²) in [4.78, 5) is 25.5. The predicted octanol–water partition coefficient (Wildman–Crippen LogP) is 3.63. The van der Waals surface area contributed by atoms with Crippen LogP contribution in [0.3, 0.4) is 0 Å². The second kappa shape index (κ2) is 7.54. The maximum Gasteiger partial charge on any atom is 0.255 e.